The molecule has 2 bridgehead atoms. The third-order valence-electron chi connectivity index (χ3n) is 7.27. The smallest absolute Gasteiger partial charge is 0.255 e. The van der Waals surface area contributed by atoms with Gasteiger partial charge in [-0.1, -0.05) is 12.1 Å². The molecule has 2 saturated carbocycles. The molecule has 7 heteroatoms. The number of hydrogen-bond donors (Lipinski definition) is 3. The lowest BCUT2D eigenvalue weighted by Gasteiger charge is -2.34. The van der Waals surface area contributed by atoms with Gasteiger partial charge >= 0.3 is 0 Å². The normalized spacial score (nSPS) is 33.8. The number of nitrogens with two attached hydrogens (primary N) is 1. The molecular weight excluding hydrogens is 368 g/mol. The molecule has 0 spiro atoms. The van der Waals surface area contributed by atoms with E-state index in [2.05, 4.69) is 16.7 Å². The molecule has 1 aromatic rings. The Balaban J connectivity index is 1.26. The molecule has 0 radical (unpaired) electrons. The zero-order valence-corrected chi connectivity index (χ0v) is 16.5. The molecular formula is C22H28N4O3. The predicted molar refractivity (Wildman–Crippen MR) is 107 cm³/mol. The molecule has 2 aliphatic carbocycles. The Morgan fingerprint density at radius 2 is 1.86 bits per heavy atom. The molecule has 7 nitrogen and oxygen atoms in total. The lowest BCUT2D eigenvalue weighted by atomic mass is 9.81. The minimum Gasteiger partial charge on any atom is -0.328 e. The maximum atomic E-state index is 13.0. The fraction of sp³-hybridized carbons (Fsp3) is 0.591. The van der Waals surface area contributed by atoms with Crippen LogP contribution in [0.15, 0.2) is 18.2 Å². The first kappa shape index (κ1) is 18.8. The molecule has 3 atom stereocenters. The first-order chi connectivity index (χ1) is 14.0. The number of nitrogens with one attached hydrogen (secondary N) is 2. The SMILES string of the molecule is NC1CC2CCC(C1)C2NCc1ccc2c(c1)C(=O)N(C1CCC(=O)NC1=O)C2. The summed E-state index contributed by atoms with van der Waals surface area (Å²) in [5, 5.41) is 6.08. The van der Waals surface area contributed by atoms with E-state index in [1.165, 1.54) is 12.8 Å². The highest BCUT2D eigenvalue weighted by atomic mass is 16.2. The molecule has 1 saturated heterocycles. The van der Waals surface area contributed by atoms with Gasteiger partial charge in [0.2, 0.25) is 11.8 Å². The summed E-state index contributed by atoms with van der Waals surface area (Å²) < 4.78 is 0. The predicted octanol–water partition coefficient (Wildman–Crippen LogP) is 1.05. The van der Waals surface area contributed by atoms with Crippen LogP contribution in [0.3, 0.4) is 0 Å². The van der Waals surface area contributed by atoms with Crippen molar-refractivity contribution >= 4 is 17.7 Å². The average Bonchev–Trinajstić information content (AvgIpc) is 3.13. The van der Waals surface area contributed by atoms with Gasteiger partial charge in [0.25, 0.3) is 5.91 Å². The van der Waals surface area contributed by atoms with Gasteiger partial charge < -0.3 is 16.0 Å². The van der Waals surface area contributed by atoms with E-state index in [-0.39, 0.29) is 24.1 Å². The Morgan fingerprint density at radius 3 is 2.59 bits per heavy atom. The van der Waals surface area contributed by atoms with Crippen molar-refractivity contribution in [2.45, 2.75) is 69.7 Å². The van der Waals surface area contributed by atoms with Crippen LogP contribution in [0, 0.1) is 11.8 Å². The minimum absolute atomic E-state index is 0.111. The number of imide groups is 1. The van der Waals surface area contributed by atoms with Gasteiger partial charge in [-0.2, -0.15) is 0 Å². The van der Waals surface area contributed by atoms with Crippen LogP contribution in [-0.4, -0.2) is 40.7 Å². The van der Waals surface area contributed by atoms with E-state index >= 15 is 0 Å². The van der Waals surface area contributed by atoms with Gasteiger partial charge in [-0.05, 0) is 61.1 Å². The third-order valence-corrected chi connectivity index (χ3v) is 7.27. The monoisotopic (exact) mass is 396 g/mol. The summed E-state index contributed by atoms with van der Waals surface area (Å²) in [6, 6.07) is 6.36. The largest absolute Gasteiger partial charge is 0.328 e. The van der Waals surface area contributed by atoms with E-state index in [4.69, 9.17) is 5.73 Å². The maximum Gasteiger partial charge on any atom is 0.255 e. The molecule has 4 N–H and O–H groups in total. The van der Waals surface area contributed by atoms with Gasteiger partial charge in [0.15, 0.2) is 0 Å². The van der Waals surface area contributed by atoms with E-state index in [1.54, 1.807) is 4.90 Å². The van der Waals surface area contributed by atoms with Crippen molar-refractivity contribution in [2.75, 3.05) is 0 Å². The number of hydrogen-bond acceptors (Lipinski definition) is 5. The number of carbonyl (C=O) groups excluding carboxylic acids is 3. The third kappa shape index (κ3) is 3.36. The van der Waals surface area contributed by atoms with Crippen LogP contribution in [0.4, 0.5) is 0 Å². The molecule has 2 heterocycles. The van der Waals surface area contributed by atoms with Gasteiger partial charge in [-0.3, -0.25) is 19.7 Å². The fourth-order valence-electron chi connectivity index (χ4n) is 5.86. The molecule has 3 unspecified atom stereocenters. The Hall–Kier alpha value is -2.25. The Morgan fingerprint density at radius 1 is 1.10 bits per heavy atom. The summed E-state index contributed by atoms with van der Waals surface area (Å²) in [5.41, 5.74) is 8.90. The molecule has 29 heavy (non-hydrogen) atoms. The van der Waals surface area contributed by atoms with Gasteiger partial charge in [0.1, 0.15) is 6.04 Å². The summed E-state index contributed by atoms with van der Waals surface area (Å²) in [5.74, 6) is 0.599. The van der Waals surface area contributed by atoms with E-state index in [0.29, 0.717) is 42.4 Å². The molecule has 2 aliphatic heterocycles. The summed E-state index contributed by atoms with van der Waals surface area (Å²) in [4.78, 5) is 38.1. The second-order valence-corrected chi connectivity index (χ2v) is 9.13. The van der Waals surface area contributed by atoms with Crippen molar-refractivity contribution in [3.8, 4) is 0 Å². The molecule has 5 rings (SSSR count). The second kappa shape index (κ2) is 7.22. The van der Waals surface area contributed by atoms with Crippen LogP contribution >= 0.6 is 0 Å². The van der Waals surface area contributed by atoms with Crippen LogP contribution in [0.1, 0.15) is 60.0 Å². The molecule has 0 aromatic heterocycles. The van der Waals surface area contributed by atoms with Crippen molar-refractivity contribution in [3.05, 3.63) is 34.9 Å². The van der Waals surface area contributed by atoms with Crippen molar-refractivity contribution in [1.82, 2.24) is 15.5 Å². The van der Waals surface area contributed by atoms with Crippen LogP contribution in [0.5, 0.6) is 0 Å². The number of piperidine rings is 1. The Bertz CT molecular complexity index is 856. The zero-order chi connectivity index (χ0) is 20.1. The highest BCUT2D eigenvalue weighted by Gasteiger charge is 2.42. The highest BCUT2D eigenvalue weighted by molar-refractivity contribution is 6.05. The minimum atomic E-state index is -0.559. The second-order valence-electron chi connectivity index (χ2n) is 9.13. The molecule has 3 fully saturated rings. The average molecular weight is 396 g/mol. The van der Waals surface area contributed by atoms with Crippen molar-refractivity contribution in [3.63, 3.8) is 0 Å². The first-order valence-electron chi connectivity index (χ1n) is 10.7. The zero-order valence-electron chi connectivity index (χ0n) is 16.5. The van der Waals surface area contributed by atoms with Crippen LogP contribution in [0.25, 0.3) is 0 Å². The number of rotatable bonds is 4. The number of benzene rings is 1. The lowest BCUT2D eigenvalue weighted by Crippen LogP contribution is -2.52. The summed E-state index contributed by atoms with van der Waals surface area (Å²) in [6.07, 6.45) is 5.42. The molecule has 4 aliphatic rings. The van der Waals surface area contributed by atoms with Crippen molar-refractivity contribution in [2.24, 2.45) is 17.6 Å². The number of fused-ring (bicyclic) bond motifs is 3. The fourth-order valence-corrected chi connectivity index (χ4v) is 5.86. The van der Waals surface area contributed by atoms with Gasteiger partial charge in [0.05, 0.1) is 0 Å². The molecule has 154 valence electrons. The van der Waals surface area contributed by atoms with Crippen LogP contribution in [0.2, 0.25) is 0 Å². The topological polar surface area (TPSA) is 105 Å². The number of carbonyl (C=O) groups is 3. The summed E-state index contributed by atoms with van der Waals surface area (Å²) >= 11 is 0. The van der Waals surface area contributed by atoms with E-state index in [9.17, 15) is 14.4 Å². The summed E-state index contributed by atoms with van der Waals surface area (Å²) in [7, 11) is 0. The van der Waals surface area contributed by atoms with E-state index in [1.807, 2.05) is 12.1 Å². The Labute approximate surface area is 170 Å². The van der Waals surface area contributed by atoms with Crippen LogP contribution < -0.4 is 16.4 Å². The van der Waals surface area contributed by atoms with Gasteiger partial charge in [-0.15, -0.1) is 0 Å². The lowest BCUT2D eigenvalue weighted by molar-refractivity contribution is -0.136. The number of nitrogens with zero attached hydrogens (tertiary/aromatic N) is 1. The maximum absolute atomic E-state index is 13.0. The highest BCUT2D eigenvalue weighted by Crippen LogP contribution is 2.42. The van der Waals surface area contributed by atoms with Crippen LogP contribution in [-0.2, 0) is 22.7 Å². The Kier molecular flexibility index (Phi) is 4.67. The number of amides is 3. The van der Waals surface area contributed by atoms with Crippen molar-refractivity contribution in [1.29, 1.82) is 0 Å². The van der Waals surface area contributed by atoms with E-state index in [0.717, 1.165) is 30.5 Å². The molecule has 3 amide bonds. The standard InChI is InChI=1S/C22H28N4O3/c23-16-8-13-3-4-14(9-16)20(13)24-10-12-1-2-15-11-26(22(29)17(15)7-12)18-5-6-19(27)25-21(18)28/h1-2,7,13-14,16,18,20,24H,3-6,8-11,23H2,(H,25,27,28). The van der Waals surface area contributed by atoms with Crippen molar-refractivity contribution < 1.29 is 14.4 Å². The first-order valence-corrected chi connectivity index (χ1v) is 10.7. The molecule has 1 aromatic carbocycles. The quantitative estimate of drug-likeness (QED) is 0.660. The van der Waals surface area contributed by atoms with Gasteiger partial charge in [-0.25, -0.2) is 0 Å². The summed E-state index contributed by atoms with van der Waals surface area (Å²) in [6.45, 7) is 1.17. The van der Waals surface area contributed by atoms with E-state index < -0.39 is 6.04 Å². The van der Waals surface area contributed by atoms with Gasteiger partial charge in [0, 0.05) is 37.2 Å².